The van der Waals surface area contributed by atoms with Gasteiger partial charge in [-0.3, -0.25) is 9.59 Å². The Morgan fingerprint density at radius 3 is 2.74 bits per heavy atom. The van der Waals surface area contributed by atoms with Crippen molar-refractivity contribution in [3.05, 3.63) is 57.8 Å². The Labute approximate surface area is 133 Å². The zero-order valence-corrected chi connectivity index (χ0v) is 12.7. The van der Waals surface area contributed by atoms with E-state index in [0.29, 0.717) is 11.6 Å². The summed E-state index contributed by atoms with van der Waals surface area (Å²) in [7, 11) is 0. The summed E-state index contributed by atoms with van der Waals surface area (Å²) in [5.41, 5.74) is -1.57. The van der Waals surface area contributed by atoms with Crippen LogP contribution in [0.1, 0.15) is 21.9 Å². The number of halogens is 3. The zero-order chi connectivity index (χ0) is 17.0. The molecule has 0 saturated carbocycles. The number of hydrogen-bond acceptors (Lipinski definition) is 4. The fraction of sp³-hybridized carbons (Fsp3) is 0.214. The van der Waals surface area contributed by atoms with E-state index < -0.39 is 23.2 Å². The Bertz CT molecular complexity index is 774. The van der Waals surface area contributed by atoms with Gasteiger partial charge in [-0.15, -0.1) is 0 Å². The van der Waals surface area contributed by atoms with Crippen LogP contribution in [0.3, 0.4) is 0 Å². The standard InChI is InChI=1S/C14H12F3N3O2S/c1-23-7-11-19-10(6-12(21)20-11)13(22)18-9-4-2-3-8(5-9)14(15,16)17/h2-6H,7H2,1H3,(H,18,22)(H,19,20,21). The highest BCUT2D eigenvalue weighted by molar-refractivity contribution is 7.97. The molecule has 2 N–H and O–H groups in total. The van der Waals surface area contributed by atoms with Gasteiger partial charge in [0.05, 0.1) is 11.3 Å². The lowest BCUT2D eigenvalue weighted by Gasteiger charge is -2.10. The van der Waals surface area contributed by atoms with Crippen molar-refractivity contribution in [1.82, 2.24) is 9.97 Å². The highest BCUT2D eigenvalue weighted by atomic mass is 32.2. The first-order chi connectivity index (χ1) is 10.8. The van der Waals surface area contributed by atoms with Gasteiger partial charge in [-0.2, -0.15) is 24.9 Å². The first-order valence-corrected chi connectivity index (χ1v) is 7.77. The minimum absolute atomic E-state index is 0.0293. The number of amides is 1. The molecule has 5 nitrogen and oxygen atoms in total. The van der Waals surface area contributed by atoms with Crippen LogP contribution < -0.4 is 10.9 Å². The van der Waals surface area contributed by atoms with E-state index in [1.165, 1.54) is 23.9 Å². The van der Waals surface area contributed by atoms with E-state index in [1.54, 1.807) is 6.26 Å². The lowest BCUT2D eigenvalue weighted by atomic mass is 10.2. The maximum atomic E-state index is 12.6. The summed E-state index contributed by atoms with van der Waals surface area (Å²) in [5, 5.41) is 2.31. The van der Waals surface area contributed by atoms with Crippen molar-refractivity contribution in [3.8, 4) is 0 Å². The second kappa shape index (κ2) is 6.86. The number of aromatic nitrogens is 2. The molecule has 9 heteroatoms. The summed E-state index contributed by atoms with van der Waals surface area (Å²) in [6.45, 7) is 0. The van der Waals surface area contributed by atoms with Gasteiger partial charge >= 0.3 is 6.18 Å². The third-order valence-corrected chi connectivity index (χ3v) is 3.31. The number of aromatic amines is 1. The van der Waals surface area contributed by atoms with Gasteiger partial charge in [-0.25, -0.2) is 4.98 Å². The highest BCUT2D eigenvalue weighted by Crippen LogP contribution is 2.30. The number of thioether (sulfide) groups is 1. The van der Waals surface area contributed by atoms with Crippen LogP contribution in [0.2, 0.25) is 0 Å². The van der Waals surface area contributed by atoms with E-state index in [1.807, 2.05) is 0 Å². The van der Waals surface area contributed by atoms with Crippen LogP contribution >= 0.6 is 11.8 Å². The average molecular weight is 343 g/mol. The van der Waals surface area contributed by atoms with E-state index in [4.69, 9.17) is 0 Å². The molecule has 0 unspecified atom stereocenters. The first kappa shape index (κ1) is 17.1. The SMILES string of the molecule is CSCc1nc(C(=O)Nc2cccc(C(F)(F)F)c2)cc(=O)[nH]1. The molecule has 1 amide bonds. The van der Waals surface area contributed by atoms with Gasteiger partial charge in [0.15, 0.2) is 0 Å². The maximum absolute atomic E-state index is 12.6. The van der Waals surface area contributed by atoms with Gasteiger partial charge < -0.3 is 10.3 Å². The molecule has 1 aromatic heterocycles. The molecular weight excluding hydrogens is 331 g/mol. The number of rotatable bonds is 4. The minimum Gasteiger partial charge on any atom is -0.321 e. The minimum atomic E-state index is -4.51. The summed E-state index contributed by atoms with van der Waals surface area (Å²) in [6.07, 6.45) is -2.70. The largest absolute Gasteiger partial charge is 0.416 e. The van der Waals surface area contributed by atoms with E-state index in [-0.39, 0.29) is 11.4 Å². The van der Waals surface area contributed by atoms with Crippen LogP contribution in [0.5, 0.6) is 0 Å². The third-order valence-electron chi connectivity index (χ3n) is 2.75. The van der Waals surface area contributed by atoms with Crippen molar-refractivity contribution in [2.45, 2.75) is 11.9 Å². The van der Waals surface area contributed by atoms with Gasteiger partial charge in [0, 0.05) is 11.8 Å². The molecule has 0 bridgehead atoms. The quantitative estimate of drug-likeness (QED) is 0.895. The maximum Gasteiger partial charge on any atom is 0.416 e. The van der Waals surface area contributed by atoms with Gasteiger partial charge in [-0.05, 0) is 24.5 Å². The summed E-state index contributed by atoms with van der Waals surface area (Å²) >= 11 is 1.40. The van der Waals surface area contributed by atoms with Gasteiger partial charge in [0.2, 0.25) is 0 Å². The lowest BCUT2D eigenvalue weighted by molar-refractivity contribution is -0.137. The molecule has 0 spiro atoms. The molecule has 122 valence electrons. The van der Waals surface area contributed by atoms with Gasteiger partial charge in [0.1, 0.15) is 11.5 Å². The number of benzene rings is 1. The van der Waals surface area contributed by atoms with Crippen molar-refractivity contribution in [3.63, 3.8) is 0 Å². The number of carbonyl (C=O) groups is 1. The Kier molecular flexibility index (Phi) is 5.09. The number of nitrogens with zero attached hydrogens (tertiary/aromatic N) is 1. The molecule has 0 aliphatic carbocycles. The average Bonchev–Trinajstić information content (AvgIpc) is 2.46. The Morgan fingerprint density at radius 1 is 1.35 bits per heavy atom. The number of nitrogens with one attached hydrogen (secondary N) is 2. The summed E-state index contributed by atoms with van der Waals surface area (Å²) in [6, 6.07) is 5.21. The molecule has 1 aromatic carbocycles. The molecule has 0 radical (unpaired) electrons. The summed E-state index contributed by atoms with van der Waals surface area (Å²) in [4.78, 5) is 30.0. The molecule has 2 aromatic rings. The van der Waals surface area contributed by atoms with E-state index in [0.717, 1.165) is 18.2 Å². The van der Waals surface area contributed by atoms with Crippen molar-refractivity contribution in [2.24, 2.45) is 0 Å². The van der Waals surface area contributed by atoms with Gasteiger partial charge in [-0.1, -0.05) is 6.07 Å². The topological polar surface area (TPSA) is 74.8 Å². The molecule has 0 fully saturated rings. The lowest BCUT2D eigenvalue weighted by Crippen LogP contribution is -2.20. The van der Waals surface area contributed by atoms with Crippen LogP contribution in [0.4, 0.5) is 18.9 Å². The Balaban J connectivity index is 2.24. The normalized spacial score (nSPS) is 11.3. The smallest absolute Gasteiger partial charge is 0.321 e. The monoisotopic (exact) mass is 343 g/mol. The molecule has 0 atom stereocenters. The predicted molar refractivity (Wildman–Crippen MR) is 81.5 cm³/mol. The zero-order valence-electron chi connectivity index (χ0n) is 11.9. The summed E-state index contributed by atoms with van der Waals surface area (Å²) < 4.78 is 37.9. The fourth-order valence-corrected chi connectivity index (χ4v) is 2.21. The van der Waals surface area contributed by atoms with Crippen LogP contribution in [0, 0.1) is 0 Å². The number of anilines is 1. The molecule has 0 saturated heterocycles. The summed E-state index contributed by atoms with van der Waals surface area (Å²) in [5.74, 6) is -0.0307. The number of alkyl halides is 3. The molecule has 0 aliphatic rings. The van der Waals surface area contributed by atoms with E-state index in [2.05, 4.69) is 15.3 Å². The molecule has 0 aliphatic heterocycles. The van der Waals surface area contributed by atoms with Crippen LogP contribution in [0.15, 0.2) is 35.1 Å². The second-order valence-corrected chi connectivity index (χ2v) is 5.41. The predicted octanol–water partition coefficient (Wildman–Crippen LogP) is 2.90. The van der Waals surface area contributed by atoms with E-state index >= 15 is 0 Å². The van der Waals surface area contributed by atoms with Crippen LogP contribution in [-0.4, -0.2) is 22.1 Å². The highest BCUT2D eigenvalue weighted by Gasteiger charge is 2.30. The molecule has 2 rings (SSSR count). The Hall–Kier alpha value is -2.29. The fourth-order valence-electron chi connectivity index (χ4n) is 1.80. The van der Waals surface area contributed by atoms with Gasteiger partial charge in [0.25, 0.3) is 11.5 Å². The Morgan fingerprint density at radius 2 is 2.09 bits per heavy atom. The van der Waals surface area contributed by atoms with Crippen molar-refractivity contribution < 1.29 is 18.0 Å². The van der Waals surface area contributed by atoms with Crippen molar-refractivity contribution >= 4 is 23.4 Å². The number of hydrogen-bond donors (Lipinski definition) is 2. The molecule has 23 heavy (non-hydrogen) atoms. The molecular formula is C14H12F3N3O2S. The second-order valence-electron chi connectivity index (χ2n) is 4.54. The van der Waals surface area contributed by atoms with Crippen LogP contribution in [0.25, 0.3) is 0 Å². The molecule has 1 heterocycles. The van der Waals surface area contributed by atoms with E-state index in [9.17, 15) is 22.8 Å². The van der Waals surface area contributed by atoms with Crippen LogP contribution in [-0.2, 0) is 11.9 Å². The van der Waals surface area contributed by atoms with Crippen molar-refractivity contribution in [1.29, 1.82) is 0 Å². The van der Waals surface area contributed by atoms with Crippen molar-refractivity contribution in [2.75, 3.05) is 11.6 Å². The first-order valence-electron chi connectivity index (χ1n) is 6.37. The number of carbonyl (C=O) groups excluding carboxylic acids is 1. The number of H-pyrrole nitrogens is 1. The third kappa shape index (κ3) is 4.59.